The molecule has 0 amide bonds. The molecule has 0 heterocycles. The Labute approximate surface area is 99.1 Å². The van der Waals surface area contributed by atoms with Crippen molar-refractivity contribution in [3.8, 4) is 0 Å². The van der Waals surface area contributed by atoms with Gasteiger partial charge in [-0.1, -0.05) is 51.2 Å². The van der Waals surface area contributed by atoms with Crippen LogP contribution >= 0.6 is 0 Å². The van der Waals surface area contributed by atoms with Crippen LogP contribution in [0.2, 0.25) is 0 Å². The van der Waals surface area contributed by atoms with Gasteiger partial charge in [0.05, 0.1) is 0 Å². The first-order valence-corrected chi connectivity index (χ1v) is 6.40. The fourth-order valence-electron chi connectivity index (χ4n) is 1.60. The number of carbonyl (C=O) groups excluding carboxylic acids is 2. The third-order valence-corrected chi connectivity index (χ3v) is 2.65. The fraction of sp³-hybridized carbons (Fsp3) is 0.714. The molecule has 0 radical (unpaired) electrons. The van der Waals surface area contributed by atoms with Gasteiger partial charge in [0.25, 0.3) is 0 Å². The highest BCUT2D eigenvalue weighted by molar-refractivity contribution is 5.64. The molecule has 0 spiro atoms. The molecule has 92 valence electrons. The average molecular weight is 224 g/mol. The summed E-state index contributed by atoms with van der Waals surface area (Å²) in [5, 5.41) is 0. The Morgan fingerprint density at radius 3 is 2.31 bits per heavy atom. The van der Waals surface area contributed by atoms with E-state index in [9.17, 15) is 9.59 Å². The van der Waals surface area contributed by atoms with Gasteiger partial charge in [-0.25, -0.2) is 0 Å². The van der Waals surface area contributed by atoms with Crippen LogP contribution in [-0.4, -0.2) is 12.6 Å². The summed E-state index contributed by atoms with van der Waals surface area (Å²) in [6.07, 6.45) is 14.6. The van der Waals surface area contributed by atoms with Crippen LogP contribution in [0.1, 0.15) is 58.3 Å². The fourth-order valence-corrected chi connectivity index (χ4v) is 1.60. The third-order valence-electron chi connectivity index (χ3n) is 2.65. The Balaban J connectivity index is 3.38. The van der Waals surface area contributed by atoms with E-state index < -0.39 is 0 Å². The van der Waals surface area contributed by atoms with E-state index in [1.807, 2.05) is 12.2 Å². The molecule has 2 heteroatoms. The quantitative estimate of drug-likeness (QED) is 0.305. The number of hydrogen-bond donors (Lipinski definition) is 0. The minimum atomic E-state index is -0.211. The van der Waals surface area contributed by atoms with Crippen molar-refractivity contribution < 1.29 is 9.59 Å². The zero-order chi connectivity index (χ0) is 12.1. The molecule has 0 saturated carbocycles. The van der Waals surface area contributed by atoms with Crippen LogP contribution in [0.3, 0.4) is 0 Å². The van der Waals surface area contributed by atoms with Crippen LogP contribution in [0.15, 0.2) is 12.2 Å². The second-order valence-corrected chi connectivity index (χ2v) is 4.19. The predicted molar refractivity (Wildman–Crippen MR) is 67.4 cm³/mol. The van der Waals surface area contributed by atoms with Gasteiger partial charge in [-0.2, -0.15) is 0 Å². The molecule has 0 saturated heterocycles. The van der Waals surface area contributed by atoms with E-state index in [1.54, 1.807) is 0 Å². The third kappa shape index (κ3) is 9.63. The molecule has 0 aliphatic rings. The Morgan fingerprint density at radius 1 is 1.00 bits per heavy atom. The smallest absolute Gasteiger partial charge is 0.127 e. The van der Waals surface area contributed by atoms with Gasteiger partial charge in [0.15, 0.2) is 0 Å². The maximum atomic E-state index is 10.5. The molecule has 0 aromatic rings. The lowest BCUT2D eigenvalue weighted by Crippen LogP contribution is -1.97. The van der Waals surface area contributed by atoms with Crippen LogP contribution in [-0.2, 0) is 9.59 Å². The van der Waals surface area contributed by atoms with Crippen LogP contribution in [0.5, 0.6) is 0 Å². The number of carbonyl (C=O) groups is 2. The summed E-state index contributed by atoms with van der Waals surface area (Å²) < 4.78 is 0. The van der Waals surface area contributed by atoms with Crippen molar-refractivity contribution in [1.29, 1.82) is 0 Å². The summed E-state index contributed by atoms with van der Waals surface area (Å²) in [5.74, 6) is -0.211. The number of aldehydes is 2. The second kappa shape index (κ2) is 12.2. The molecule has 0 aliphatic heterocycles. The highest BCUT2D eigenvalue weighted by atomic mass is 16.1. The van der Waals surface area contributed by atoms with Crippen LogP contribution in [0, 0.1) is 5.92 Å². The maximum Gasteiger partial charge on any atom is 0.127 e. The highest BCUT2D eigenvalue weighted by Gasteiger charge is 1.99. The standard InChI is InChI=1S/C14H24O2/c1-2-3-4-5-6-7-8-9-10-14(13-16)11-12-15/h9-10,12-14H,2-8,11H2,1H3/b10-9+. The first-order valence-electron chi connectivity index (χ1n) is 6.40. The molecule has 0 rings (SSSR count). The molecule has 16 heavy (non-hydrogen) atoms. The molecular weight excluding hydrogens is 200 g/mol. The zero-order valence-corrected chi connectivity index (χ0v) is 10.4. The van der Waals surface area contributed by atoms with Gasteiger partial charge >= 0.3 is 0 Å². The van der Waals surface area contributed by atoms with E-state index in [1.165, 1.54) is 38.5 Å². The molecule has 0 aliphatic carbocycles. The SMILES string of the molecule is CCCCCCCC/C=C/C(C=O)CC=O. The summed E-state index contributed by atoms with van der Waals surface area (Å²) in [6, 6.07) is 0. The normalized spacial score (nSPS) is 12.8. The number of hydrogen-bond acceptors (Lipinski definition) is 2. The van der Waals surface area contributed by atoms with Gasteiger partial charge < -0.3 is 9.59 Å². The van der Waals surface area contributed by atoms with E-state index in [0.717, 1.165) is 19.0 Å². The molecule has 0 aromatic carbocycles. The average Bonchev–Trinajstić information content (AvgIpc) is 2.31. The molecule has 0 aromatic heterocycles. The van der Waals surface area contributed by atoms with Crippen molar-refractivity contribution in [3.63, 3.8) is 0 Å². The van der Waals surface area contributed by atoms with Gasteiger partial charge in [0, 0.05) is 12.3 Å². The van der Waals surface area contributed by atoms with E-state index in [4.69, 9.17) is 0 Å². The summed E-state index contributed by atoms with van der Waals surface area (Å²) in [4.78, 5) is 20.7. The maximum absolute atomic E-state index is 10.5. The first kappa shape index (κ1) is 15.1. The van der Waals surface area contributed by atoms with Crippen molar-refractivity contribution in [2.24, 2.45) is 5.92 Å². The molecule has 1 unspecified atom stereocenters. The molecule has 2 nitrogen and oxygen atoms in total. The summed E-state index contributed by atoms with van der Waals surface area (Å²) in [5.41, 5.74) is 0. The van der Waals surface area contributed by atoms with Crippen molar-refractivity contribution >= 4 is 12.6 Å². The molecule has 0 N–H and O–H groups in total. The van der Waals surface area contributed by atoms with E-state index in [2.05, 4.69) is 6.92 Å². The molecule has 0 fully saturated rings. The van der Waals surface area contributed by atoms with E-state index in [-0.39, 0.29) is 5.92 Å². The lowest BCUT2D eigenvalue weighted by Gasteiger charge is -1.99. The first-order chi connectivity index (χ1) is 7.85. The number of unbranched alkanes of at least 4 members (excludes halogenated alkanes) is 6. The van der Waals surface area contributed by atoms with Crippen LogP contribution in [0.25, 0.3) is 0 Å². The molecule has 1 atom stereocenters. The van der Waals surface area contributed by atoms with E-state index in [0.29, 0.717) is 6.42 Å². The zero-order valence-electron chi connectivity index (χ0n) is 10.4. The van der Waals surface area contributed by atoms with Gasteiger partial charge in [-0.15, -0.1) is 0 Å². The Kier molecular flexibility index (Phi) is 11.5. The number of allylic oxidation sites excluding steroid dienone is 2. The minimum absolute atomic E-state index is 0.211. The van der Waals surface area contributed by atoms with Gasteiger partial charge in [0.1, 0.15) is 12.6 Å². The lowest BCUT2D eigenvalue weighted by atomic mass is 10.1. The van der Waals surface area contributed by atoms with Gasteiger partial charge in [-0.3, -0.25) is 0 Å². The van der Waals surface area contributed by atoms with Crippen molar-refractivity contribution in [1.82, 2.24) is 0 Å². The monoisotopic (exact) mass is 224 g/mol. The van der Waals surface area contributed by atoms with Gasteiger partial charge in [-0.05, 0) is 12.8 Å². The largest absolute Gasteiger partial charge is 0.303 e. The van der Waals surface area contributed by atoms with Gasteiger partial charge in [0.2, 0.25) is 0 Å². The van der Waals surface area contributed by atoms with Crippen molar-refractivity contribution in [3.05, 3.63) is 12.2 Å². The van der Waals surface area contributed by atoms with E-state index >= 15 is 0 Å². The molecule has 0 bridgehead atoms. The molecular formula is C14H24O2. The number of rotatable bonds is 11. The lowest BCUT2D eigenvalue weighted by molar-refractivity contribution is -0.114. The predicted octanol–water partition coefficient (Wildman–Crippen LogP) is 3.70. The highest BCUT2D eigenvalue weighted by Crippen LogP contribution is 2.08. The van der Waals surface area contributed by atoms with Crippen molar-refractivity contribution in [2.75, 3.05) is 0 Å². The Morgan fingerprint density at radius 2 is 1.69 bits per heavy atom. The second-order valence-electron chi connectivity index (χ2n) is 4.19. The summed E-state index contributed by atoms with van der Waals surface area (Å²) in [7, 11) is 0. The summed E-state index contributed by atoms with van der Waals surface area (Å²) in [6.45, 7) is 2.22. The summed E-state index contributed by atoms with van der Waals surface area (Å²) >= 11 is 0. The topological polar surface area (TPSA) is 34.1 Å². The van der Waals surface area contributed by atoms with Crippen molar-refractivity contribution in [2.45, 2.75) is 58.3 Å². The van der Waals surface area contributed by atoms with Crippen LogP contribution in [0.4, 0.5) is 0 Å². The Bertz CT molecular complexity index is 197. The minimum Gasteiger partial charge on any atom is -0.303 e. The van der Waals surface area contributed by atoms with Crippen LogP contribution < -0.4 is 0 Å². The Hall–Kier alpha value is -0.920.